The molecule has 0 bridgehead atoms. The SMILES string of the molecule is CC(C)N(N)C(=O)N1CCC[C@H]1C(=O)OC(C)(C)C. The molecule has 1 fully saturated rings. The molecule has 0 saturated carbocycles. The number of amides is 2. The van der Waals surface area contributed by atoms with E-state index in [1.807, 2.05) is 34.6 Å². The van der Waals surface area contributed by atoms with Crippen LogP contribution in [-0.4, -0.2) is 46.1 Å². The summed E-state index contributed by atoms with van der Waals surface area (Å²) in [7, 11) is 0. The largest absolute Gasteiger partial charge is 0.458 e. The van der Waals surface area contributed by atoms with E-state index in [4.69, 9.17) is 10.6 Å². The van der Waals surface area contributed by atoms with Crippen molar-refractivity contribution in [3.63, 3.8) is 0 Å². The van der Waals surface area contributed by atoms with Crippen LogP contribution >= 0.6 is 0 Å². The molecule has 0 aromatic heterocycles. The molecule has 2 amide bonds. The van der Waals surface area contributed by atoms with Crippen LogP contribution in [0, 0.1) is 0 Å². The minimum Gasteiger partial charge on any atom is -0.458 e. The highest BCUT2D eigenvalue weighted by Crippen LogP contribution is 2.22. The number of likely N-dealkylation sites (tertiary alicyclic amines) is 1. The smallest absolute Gasteiger partial charge is 0.335 e. The van der Waals surface area contributed by atoms with Crippen LogP contribution in [0.4, 0.5) is 4.79 Å². The summed E-state index contributed by atoms with van der Waals surface area (Å²) >= 11 is 0. The molecule has 1 aliphatic heterocycles. The Balaban J connectivity index is 2.74. The number of carbonyl (C=O) groups excluding carboxylic acids is 2. The average Bonchev–Trinajstić information content (AvgIpc) is 2.73. The topological polar surface area (TPSA) is 75.9 Å². The van der Waals surface area contributed by atoms with Crippen LogP contribution in [0.1, 0.15) is 47.5 Å². The van der Waals surface area contributed by atoms with E-state index in [1.165, 1.54) is 4.90 Å². The highest BCUT2D eigenvalue weighted by atomic mass is 16.6. The predicted molar refractivity (Wildman–Crippen MR) is 72.1 cm³/mol. The molecule has 0 aromatic carbocycles. The highest BCUT2D eigenvalue weighted by Gasteiger charge is 2.38. The zero-order chi connectivity index (χ0) is 14.8. The van der Waals surface area contributed by atoms with E-state index in [-0.39, 0.29) is 18.0 Å². The minimum atomic E-state index is -0.547. The Morgan fingerprint density at radius 2 is 1.95 bits per heavy atom. The van der Waals surface area contributed by atoms with Crippen molar-refractivity contribution in [2.45, 2.75) is 65.1 Å². The van der Waals surface area contributed by atoms with E-state index in [0.717, 1.165) is 11.4 Å². The first-order valence-electron chi connectivity index (χ1n) is 6.71. The van der Waals surface area contributed by atoms with Crippen LogP contribution in [0.25, 0.3) is 0 Å². The fraction of sp³-hybridized carbons (Fsp3) is 0.846. The van der Waals surface area contributed by atoms with Gasteiger partial charge in [-0.2, -0.15) is 0 Å². The summed E-state index contributed by atoms with van der Waals surface area (Å²) in [6.07, 6.45) is 1.42. The van der Waals surface area contributed by atoms with Gasteiger partial charge in [0.2, 0.25) is 0 Å². The molecule has 0 unspecified atom stereocenters. The van der Waals surface area contributed by atoms with Gasteiger partial charge in [0.05, 0.1) is 0 Å². The van der Waals surface area contributed by atoms with E-state index in [1.54, 1.807) is 0 Å². The number of esters is 1. The van der Waals surface area contributed by atoms with E-state index in [2.05, 4.69) is 0 Å². The fourth-order valence-electron chi connectivity index (χ4n) is 1.98. The second-order valence-corrected chi connectivity index (χ2v) is 6.17. The molecule has 2 N–H and O–H groups in total. The van der Waals surface area contributed by atoms with Crippen molar-refractivity contribution in [1.29, 1.82) is 0 Å². The summed E-state index contributed by atoms with van der Waals surface area (Å²) in [5.41, 5.74) is -0.547. The number of hydrogen-bond donors (Lipinski definition) is 1. The third-order valence-corrected chi connectivity index (χ3v) is 2.95. The van der Waals surface area contributed by atoms with Crippen molar-refractivity contribution >= 4 is 12.0 Å². The molecule has 19 heavy (non-hydrogen) atoms. The highest BCUT2D eigenvalue weighted by molar-refractivity contribution is 5.84. The Hall–Kier alpha value is -1.30. The second kappa shape index (κ2) is 5.77. The minimum absolute atomic E-state index is 0.104. The third-order valence-electron chi connectivity index (χ3n) is 2.95. The maximum Gasteiger partial charge on any atom is 0.335 e. The van der Waals surface area contributed by atoms with Crippen LogP contribution in [0.15, 0.2) is 0 Å². The van der Waals surface area contributed by atoms with Gasteiger partial charge >= 0.3 is 12.0 Å². The number of ether oxygens (including phenoxy) is 1. The lowest BCUT2D eigenvalue weighted by molar-refractivity contribution is -0.159. The summed E-state index contributed by atoms with van der Waals surface area (Å²) in [5, 5.41) is 1.16. The normalized spacial score (nSPS) is 19.7. The van der Waals surface area contributed by atoms with E-state index >= 15 is 0 Å². The first kappa shape index (κ1) is 15.8. The molecular formula is C13H25N3O3. The summed E-state index contributed by atoms with van der Waals surface area (Å²) in [6, 6.07) is -0.938. The van der Waals surface area contributed by atoms with E-state index in [9.17, 15) is 9.59 Å². The lowest BCUT2D eigenvalue weighted by atomic mass is 10.1. The number of carbonyl (C=O) groups is 2. The van der Waals surface area contributed by atoms with Gasteiger partial charge < -0.3 is 9.64 Å². The first-order valence-corrected chi connectivity index (χ1v) is 6.71. The summed E-state index contributed by atoms with van der Waals surface area (Å²) in [5.74, 6) is 5.37. The van der Waals surface area contributed by atoms with Crippen molar-refractivity contribution in [2.24, 2.45) is 5.84 Å². The van der Waals surface area contributed by atoms with E-state index < -0.39 is 11.6 Å². The molecule has 1 heterocycles. The third kappa shape index (κ3) is 4.09. The number of nitrogens with zero attached hydrogens (tertiary/aromatic N) is 2. The maximum atomic E-state index is 12.2. The molecular weight excluding hydrogens is 246 g/mol. The Labute approximate surface area is 114 Å². The predicted octanol–water partition coefficient (Wildman–Crippen LogP) is 1.50. The molecule has 6 heteroatoms. The van der Waals surface area contributed by atoms with Crippen LogP contribution in [0.5, 0.6) is 0 Å². The van der Waals surface area contributed by atoms with Crippen molar-refractivity contribution in [3.8, 4) is 0 Å². The quantitative estimate of drug-likeness (QED) is 0.357. The zero-order valence-electron chi connectivity index (χ0n) is 12.5. The Morgan fingerprint density at radius 1 is 1.37 bits per heavy atom. The van der Waals surface area contributed by atoms with Crippen molar-refractivity contribution in [3.05, 3.63) is 0 Å². The number of nitrogens with two attached hydrogens (primary N) is 1. The average molecular weight is 271 g/mol. The van der Waals surface area contributed by atoms with E-state index in [0.29, 0.717) is 13.0 Å². The van der Waals surface area contributed by atoms with Crippen molar-refractivity contribution in [1.82, 2.24) is 9.91 Å². The summed E-state index contributed by atoms with van der Waals surface area (Å²) in [6.45, 7) is 9.65. The van der Waals surface area contributed by atoms with Gasteiger partial charge in [-0.05, 0) is 47.5 Å². The Morgan fingerprint density at radius 3 is 2.42 bits per heavy atom. The van der Waals surface area contributed by atoms with Gasteiger partial charge in [-0.25, -0.2) is 15.4 Å². The molecule has 110 valence electrons. The Kier molecular flexibility index (Phi) is 4.79. The van der Waals surface area contributed by atoms with Crippen molar-refractivity contribution in [2.75, 3.05) is 6.54 Å². The molecule has 1 saturated heterocycles. The first-order chi connectivity index (χ1) is 8.63. The van der Waals surface area contributed by atoms with Crippen LogP contribution < -0.4 is 5.84 Å². The maximum absolute atomic E-state index is 12.2. The van der Waals surface area contributed by atoms with Crippen LogP contribution in [0.2, 0.25) is 0 Å². The lowest BCUT2D eigenvalue weighted by Gasteiger charge is -2.31. The number of hydrazine groups is 1. The molecule has 1 atom stereocenters. The number of hydrogen-bond acceptors (Lipinski definition) is 4. The standard InChI is InChI=1S/C13H25N3O3/c1-9(2)16(14)12(18)15-8-6-7-10(15)11(17)19-13(3,4)5/h9-10H,6-8,14H2,1-5H3/t10-/m0/s1. The zero-order valence-corrected chi connectivity index (χ0v) is 12.5. The summed E-state index contributed by atoms with van der Waals surface area (Å²) < 4.78 is 5.35. The molecule has 6 nitrogen and oxygen atoms in total. The van der Waals surface area contributed by atoms with Gasteiger partial charge in [0.15, 0.2) is 0 Å². The molecule has 0 aromatic rings. The second-order valence-electron chi connectivity index (χ2n) is 6.17. The van der Waals surface area contributed by atoms with Gasteiger partial charge in [-0.15, -0.1) is 0 Å². The molecule has 0 radical (unpaired) electrons. The molecule has 0 aliphatic carbocycles. The number of urea groups is 1. The lowest BCUT2D eigenvalue weighted by Crippen LogP contribution is -2.53. The van der Waals surface area contributed by atoms with Crippen molar-refractivity contribution < 1.29 is 14.3 Å². The van der Waals surface area contributed by atoms with Gasteiger partial charge in [-0.3, -0.25) is 5.01 Å². The molecule has 1 rings (SSSR count). The summed E-state index contributed by atoms with van der Waals surface area (Å²) in [4.78, 5) is 25.8. The van der Waals surface area contributed by atoms with Crippen LogP contribution in [0.3, 0.4) is 0 Å². The Bertz CT molecular complexity index is 350. The van der Waals surface area contributed by atoms with Gasteiger partial charge in [0.25, 0.3) is 0 Å². The molecule has 0 spiro atoms. The van der Waals surface area contributed by atoms with Crippen LogP contribution in [-0.2, 0) is 9.53 Å². The van der Waals surface area contributed by atoms with Gasteiger partial charge in [-0.1, -0.05) is 0 Å². The number of rotatable bonds is 2. The van der Waals surface area contributed by atoms with Gasteiger partial charge in [0, 0.05) is 12.6 Å². The monoisotopic (exact) mass is 271 g/mol. The fourth-order valence-corrected chi connectivity index (χ4v) is 1.98. The van der Waals surface area contributed by atoms with Gasteiger partial charge in [0.1, 0.15) is 11.6 Å². The molecule has 1 aliphatic rings.